The molecule has 0 aromatic carbocycles. The lowest BCUT2D eigenvalue weighted by Gasteiger charge is -2.31. The summed E-state index contributed by atoms with van der Waals surface area (Å²) in [5, 5.41) is 16.0. The Labute approximate surface area is 140 Å². The van der Waals surface area contributed by atoms with Gasteiger partial charge in [-0.3, -0.25) is 9.59 Å². The van der Waals surface area contributed by atoms with E-state index in [-0.39, 0.29) is 11.8 Å². The number of carbonyl (C=O) groups is 2. The maximum Gasteiger partial charge on any atom is 0.242 e. The van der Waals surface area contributed by atoms with E-state index in [0.29, 0.717) is 19.4 Å². The van der Waals surface area contributed by atoms with Crippen LogP contribution < -0.4 is 10.6 Å². The van der Waals surface area contributed by atoms with Gasteiger partial charge in [-0.25, -0.2) is 0 Å². The molecule has 1 heterocycles. The molecule has 23 heavy (non-hydrogen) atoms. The molecule has 5 nitrogen and oxygen atoms in total. The summed E-state index contributed by atoms with van der Waals surface area (Å²) >= 11 is 0. The molecule has 2 atom stereocenters. The summed E-state index contributed by atoms with van der Waals surface area (Å²) in [5.74, 6) is -0.346. The fraction of sp³-hybridized carbons (Fsp3) is 0.889. The molecule has 134 valence electrons. The van der Waals surface area contributed by atoms with Gasteiger partial charge in [0.2, 0.25) is 11.8 Å². The first-order chi connectivity index (χ1) is 10.9. The maximum absolute atomic E-state index is 12.5. The highest BCUT2D eigenvalue weighted by Gasteiger charge is 2.37. The predicted octanol–water partition coefficient (Wildman–Crippen LogP) is 2.52. The number of hydrogen-bond donors (Lipinski definition) is 3. The van der Waals surface area contributed by atoms with Crippen LogP contribution in [0.25, 0.3) is 0 Å². The van der Waals surface area contributed by atoms with Gasteiger partial charge in [0.15, 0.2) is 0 Å². The Balaban J connectivity index is 2.46. The number of carbonyl (C=O) groups excluding carboxylic acids is 2. The molecule has 0 aromatic heterocycles. The highest BCUT2D eigenvalue weighted by molar-refractivity contribution is 5.90. The summed E-state index contributed by atoms with van der Waals surface area (Å²) in [5.41, 5.74) is -0.878. The first kappa shape index (κ1) is 19.9. The SMILES string of the molecule is CCCCCCC[C@H](O)C(C)(C)C(=O)N[C@H]1CCCCNC1=O. The number of rotatable bonds is 9. The zero-order valence-electron chi connectivity index (χ0n) is 15.0. The van der Waals surface area contributed by atoms with Gasteiger partial charge in [-0.2, -0.15) is 0 Å². The van der Waals surface area contributed by atoms with Crippen molar-refractivity contribution in [2.75, 3.05) is 6.54 Å². The van der Waals surface area contributed by atoms with Crippen LogP contribution in [0, 0.1) is 5.41 Å². The Morgan fingerprint density at radius 3 is 2.70 bits per heavy atom. The number of hydrogen-bond acceptors (Lipinski definition) is 3. The average molecular weight is 326 g/mol. The zero-order valence-corrected chi connectivity index (χ0v) is 15.0. The number of aliphatic hydroxyl groups excluding tert-OH is 1. The van der Waals surface area contributed by atoms with E-state index in [9.17, 15) is 14.7 Å². The van der Waals surface area contributed by atoms with Crippen molar-refractivity contribution in [3.05, 3.63) is 0 Å². The summed E-state index contributed by atoms with van der Waals surface area (Å²) in [4.78, 5) is 24.4. The molecule has 1 saturated heterocycles. The standard InChI is InChI=1S/C18H34N2O3/c1-4-5-6-7-8-12-15(21)18(2,3)17(23)20-14-11-9-10-13-19-16(14)22/h14-15,21H,4-13H2,1-3H3,(H,19,22)(H,20,23)/t14-,15-/m0/s1. The Kier molecular flexibility index (Phi) is 8.59. The molecule has 1 fully saturated rings. The second-order valence-corrected chi connectivity index (χ2v) is 7.25. The summed E-state index contributed by atoms with van der Waals surface area (Å²) in [6.07, 6.45) is 8.09. The van der Waals surface area contributed by atoms with Gasteiger partial charge in [0, 0.05) is 6.54 Å². The zero-order chi connectivity index (χ0) is 17.3. The molecule has 0 saturated carbocycles. The summed E-state index contributed by atoms with van der Waals surface area (Å²) in [6, 6.07) is -0.471. The van der Waals surface area contributed by atoms with Crippen molar-refractivity contribution in [2.45, 2.75) is 90.7 Å². The molecule has 0 unspecified atom stereocenters. The number of nitrogens with one attached hydrogen (secondary N) is 2. The lowest BCUT2D eigenvalue weighted by atomic mass is 9.82. The quantitative estimate of drug-likeness (QED) is 0.570. The number of unbranched alkanes of at least 4 members (excludes halogenated alkanes) is 4. The van der Waals surface area contributed by atoms with Crippen molar-refractivity contribution in [1.82, 2.24) is 10.6 Å². The molecule has 1 aliphatic rings. The fourth-order valence-electron chi connectivity index (χ4n) is 2.87. The lowest BCUT2D eigenvalue weighted by Crippen LogP contribution is -2.52. The van der Waals surface area contributed by atoms with Crippen LogP contribution in [0.2, 0.25) is 0 Å². The van der Waals surface area contributed by atoms with Crippen molar-refractivity contribution in [2.24, 2.45) is 5.41 Å². The smallest absolute Gasteiger partial charge is 0.242 e. The van der Waals surface area contributed by atoms with Gasteiger partial charge >= 0.3 is 0 Å². The molecule has 1 aliphatic heterocycles. The molecule has 0 aromatic rings. The summed E-state index contributed by atoms with van der Waals surface area (Å²) in [7, 11) is 0. The highest BCUT2D eigenvalue weighted by Crippen LogP contribution is 2.26. The van der Waals surface area contributed by atoms with Crippen LogP contribution >= 0.6 is 0 Å². The van der Waals surface area contributed by atoms with Gasteiger partial charge in [-0.1, -0.05) is 39.0 Å². The average Bonchev–Trinajstić information content (AvgIpc) is 2.71. The highest BCUT2D eigenvalue weighted by atomic mass is 16.3. The molecule has 0 spiro atoms. The Hall–Kier alpha value is -1.10. The van der Waals surface area contributed by atoms with Crippen LogP contribution in [0.4, 0.5) is 0 Å². The van der Waals surface area contributed by atoms with Crippen molar-refractivity contribution in [3.63, 3.8) is 0 Å². The fourth-order valence-corrected chi connectivity index (χ4v) is 2.87. The van der Waals surface area contributed by atoms with Crippen molar-refractivity contribution in [1.29, 1.82) is 0 Å². The van der Waals surface area contributed by atoms with E-state index >= 15 is 0 Å². The van der Waals surface area contributed by atoms with E-state index in [2.05, 4.69) is 17.6 Å². The van der Waals surface area contributed by atoms with Crippen LogP contribution in [0.3, 0.4) is 0 Å². The normalized spacial score (nSPS) is 20.5. The minimum atomic E-state index is -0.878. The molecule has 0 aliphatic carbocycles. The van der Waals surface area contributed by atoms with Crippen LogP contribution in [-0.4, -0.2) is 35.6 Å². The molecule has 1 rings (SSSR count). The second-order valence-electron chi connectivity index (χ2n) is 7.25. The first-order valence-corrected chi connectivity index (χ1v) is 9.16. The third-order valence-corrected chi connectivity index (χ3v) is 4.84. The minimum absolute atomic E-state index is 0.110. The molecule has 0 bridgehead atoms. The Morgan fingerprint density at radius 1 is 1.30 bits per heavy atom. The van der Waals surface area contributed by atoms with Gasteiger partial charge in [0.05, 0.1) is 11.5 Å². The van der Waals surface area contributed by atoms with E-state index in [1.807, 2.05) is 0 Å². The van der Waals surface area contributed by atoms with Gasteiger partial charge in [0.1, 0.15) is 6.04 Å². The van der Waals surface area contributed by atoms with Crippen molar-refractivity contribution < 1.29 is 14.7 Å². The lowest BCUT2D eigenvalue weighted by molar-refractivity contribution is -0.139. The van der Waals surface area contributed by atoms with Gasteiger partial charge in [-0.05, 0) is 39.5 Å². The van der Waals surface area contributed by atoms with E-state index in [1.54, 1.807) is 13.8 Å². The van der Waals surface area contributed by atoms with Gasteiger partial charge in [-0.15, -0.1) is 0 Å². The van der Waals surface area contributed by atoms with Gasteiger partial charge < -0.3 is 15.7 Å². The van der Waals surface area contributed by atoms with Crippen LogP contribution in [-0.2, 0) is 9.59 Å². The maximum atomic E-state index is 12.5. The van der Waals surface area contributed by atoms with Crippen molar-refractivity contribution >= 4 is 11.8 Å². The molecule has 0 radical (unpaired) electrons. The van der Waals surface area contributed by atoms with E-state index in [0.717, 1.165) is 25.7 Å². The van der Waals surface area contributed by atoms with Crippen LogP contribution in [0.15, 0.2) is 0 Å². The first-order valence-electron chi connectivity index (χ1n) is 9.16. The second kappa shape index (κ2) is 9.91. The monoisotopic (exact) mass is 326 g/mol. The van der Waals surface area contributed by atoms with Crippen molar-refractivity contribution in [3.8, 4) is 0 Å². The third kappa shape index (κ3) is 6.50. The number of amides is 2. The topological polar surface area (TPSA) is 78.4 Å². The Bertz CT molecular complexity index is 382. The molecular weight excluding hydrogens is 292 g/mol. The number of aliphatic hydroxyl groups is 1. The molecule has 2 amide bonds. The summed E-state index contributed by atoms with van der Waals surface area (Å²) in [6.45, 7) is 6.36. The van der Waals surface area contributed by atoms with E-state index in [1.165, 1.54) is 19.3 Å². The van der Waals surface area contributed by atoms with Crippen LogP contribution in [0.1, 0.15) is 78.6 Å². The third-order valence-electron chi connectivity index (χ3n) is 4.84. The molecule has 5 heteroatoms. The summed E-state index contributed by atoms with van der Waals surface area (Å²) < 4.78 is 0. The molecule has 3 N–H and O–H groups in total. The van der Waals surface area contributed by atoms with Crippen LogP contribution in [0.5, 0.6) is 0 Å². The Morgan fingerprint density at radius 2 is 2.00 bits per heavy atom. The van der Waals surface area contributed by atoms with E-state index < -0.39 is 17.6 Å². The molecular formula is C18H34N2O3. The minimum Gasteiger partial charge on any atom is -0.392 e. The predicted molar refractivity (Wildman–Crippen MR) is 92.0 cm³/mol. The van der Waals surface area contributed by atoms with Gasteiger partial charge in [0.25, 0.3) is 0 Å². The largest absolute Gasteiger partial charge is 0.392 e. The van der Waals surface area contributed by atoms with E-state index in [4.69, 9.17) is 0 Å².